The molecule has 1 amide bonds. The van der Waals surface area contributed by atoms with Crippen LogP contribution < -0.4 is 10.1 Å². The maximum absolute atomic E-state index is 13.8. The molecule has 132 valence electrons. The van der Waals surface area contributed by atoms with E-state index < -0.39 is 41.4 Å². The lowest BCUT2D eigenvalue weighted by Crippen LogP contribution is -2.15. The molecule has 0 aliphatic heterocycles. The Bertz CT molecular complexity index is 793. The zero-order valence-corrected chi connectivity index (χ0v) is 12.7. The van der Waals surface area contributed by atoms with Gasteiger partial charge in [-0.25, -0.2) is 13.6 Å². The molecule has 0 spiro atoms. The molecule has 0 heterocycles. The molecule has 0 atom stereocenters. The molecule has 0 aliphatic rings. The zero-order valence-electron chi connectivity index (χ0n) is 12.7. The van der Waals surface area contributed by atoms with E-state index in [2.05, 4.69) is 14.8 Å². The van der Waals surface area contributed by atoms with E-state index in [1.807, 2.05) is 0 Å². The van der Waals surface area contributed by atoms with Crippen molar-refractivity contribution in [2.24, 2.45) is 0 Å². The third-order valence-electron chi connectivity index (χ3n) is 3.05. The standard InChI is InChI=1S/C16H11F4NO4/c1-24-15(23)10-6-13(12(18)7-11(10)17)21-14(22)8-2-4-9(5-3-8)25-16(19)20/h2-7,16H,1H3,(H,21,22). The summed E-state index contributed by atoms with van der Waals surface area (Å²) in [5, 5.41) is 2.16. The monoisotopic (exact) mass is 357 g/mol. The van der Waals surface area contributed by atoms with E-state index >= 15 is 0 Å². The minimum Gasteiger partial charge on any atom is -0.465 e. The highest BCUT2D eigenvalue weighted by Crippen LogP contribution is 2.22. The lowest BCUT2D eigenvalue weighted by atomic mass is 10.1. The first-order valence-corrected chi connectivity index (χ1v) is 6.75. The lowest BCUT2D eigenvalue weighted by molar-refractivity contribution is -0.0498. The van der Waals surface area contributed by atoms with Gasteiger partial charge in [-0.05, 0) is 30.3 Å². The summed E-state index contributed by atoms with van der Waals surface area (Å²) in [5.41, 5.74) is -0.996. The first-order valence-electron chi connectivity index (χ1n) is 6.75. The van der Waals surface area contributed by atoms with Gasteiger partial charge in [0.2, 0.25) is 0 Å². The molecule has 2 aromatic rings. The summed E-state index contributed by atoms with van der Waals surface area (Å²) in [6.45, 7) is -3.01. The van der Waals surface area contributed by atoms with Crippen LogP contribution in [-0.2, 0) is 4.74 Å². The van der Waals surface area contributed by atoms with Gasteiger partial charge in [-0.2, -0.15) is 8.78 Å². The molecule has 2 rings (SSSR count). The van der Waals surface area contributed by atoms with Gasteiger partial charge < -0.3 is 14.8 Å². The van der Waals surface area contributed by atoms with Crippen LogP contribution in [0.4, 0.5) is 23.2 Å². The molecule has 0 aliphatic carbocycles. The van der Waals surface area contributed by atoms with Crippen LogP contribution in [0.1, 0.15) is 20.7 Å². The van der Waals surface area contributed by atoms with Crippen LogP contribution in [0.15, 0.2) is 36.4 Å². The Balaban J connectivity index is 2.21. The van der Waals surface area contributed by atoms with Crippen molar-refractivity contribution < 1.29 is 36.6 Å². The van der Waals surface area contributed by atoms with Gasteiger partial charge in [0, 0.05) is 11.6 Å². The van der Waals surface area contributed by atoms with Gasteiger partial charge in [-0.15, -0.1) is 0 Å². The van der Waals surface area contributed by atoms with Crippen LogP contribution in [0.3, 0.4) is 0 Å². The van der Waals surface area contributed by atoms with E-state index in [4.69, 9.17) is 0 Å². The zero-order chi connectivity index (χ0) is 18.6. The second kappa shape index (κ2) is 7.65. The molecule has 0 bridgehead atoms. The average Bonchev–Trinajstić information content (AvgIpc) is 2.56. The number of esters is 1. The summed E-state index contributed by atoms with van der Waals surface area (Å²) in [4.78, 5) is 23.5. The van der Waals surface area contributed by atoms with Crippen molar-refractivity contribution in [2.75, 3.05) is 12.4 Å². The minimum atomic E-state index is -3.01. The number of halogens is 4. The molecule has 25 heavy (non-hydrogen) atoms. The molecule has 0 unspecified atom stereocenters. The third-order valence-corrected chi connectivity index (χ3v) is 3.05. The normalized spacial score (nSPS) is 10.5. The summed E-state index contributed by atoms with van der Waals surface area (Å²) < 4.78 is 59.9. The Morgan fingerprint density at radius 1 is 1.04 bits per heavy atom. The first-order chi connectivity index (χ1) is 11.8. The lowest BCUT2D eigenvalue weighted by Gasteiger charge is -2.10. The van der Waals surface area contributed by atoms with Crippen molar-refractivity contribution in [3.63, 3.8) is 0 Å². The van der Waals surface area contributed by atoms with Crippen LogP contribution in [0.2, 0.25) is 0 Å². The van der Waals surface area contributed by atoms with E-state index in [1.54, 1.807) is 0 Å². The molecule has 1 N–H and O–H groups in total. The van der Waals surface area contributed by atoms with Gasteiger partial charge in [0.15, 0.2) is 0 Å². The van der Waals surface area contributed by atoms with Crippen molar-refractivity contribution in [3.05, 3.63) is 59.2 Å². The number of ether oxygens (including phenoxy) is 2. The van der Waals surface area contributed by atoms with Crippen LogP contribution in [0.25, 0.3) is 0 Å². The summed E-state index contributed by atoms with van der Waals surface area (Å²) in [7, 11) is 1.02. The topological polar surface area (TPSA) is 64.6 Å². The van der Waals surface area contributed by atoms with Crippen molar-refractivity contribution >= 4 is 17.6 Å². The smallest absolute Gasteiger partial charge is 0.387 e. The van der Waals surface area contributed by atoms with Crippen LogP contribution >= 0.6 is 0 Å². The number of nitrogens with one attached hydrogen (secondary N) is 1. The Hall–Kier alpha value is -3.10. The van der Waals surface area contributed by atoms with Gasteiger partial charge in [0.25, 0.3) is 5.91 Å². The van der Waals surface area contributed by atoms with Gasteiger partial charge in [0.05, 0.1) is 18.4 Å². The number of alkyl halides is 2. The Morgan fingerprint density at radius 3 is 2.24 bits per heavy atom. The maximum atomic E-state index is 13.8. The molecular weight excluding hydrogens is 346 g/mol. The van der Waals surface area contributed by atoms with Crippen LogP contribution in [0.5, 0.6) is 5.75 Å². The largest absolute Gasteiger partial charge is 0.465 e. The number of hydrogen-bond acceptors (Lipinski definition) is 4. The van der Waals surface area contributed by atoms with E-state index in [9.17, 15) is 27.2 Å². The number of carbonyl (C=O) groups excluding carboxylic acids is 2. The van der Waals surface area contributed by atoms with E-state index in [-0.39, 0.29) is 11.3 Å². The number of amides is 1. The van der Waals surface area contributed by atoms with Crippen molar-refractivity contribution in [1.29, 1.82) is 0 Å². The predicted octanol–water partition coefficient (Wildman–Crippen LogP) is 3.61. The number of benzene rings is 2. The fraction of sp³-hybridized carbons (Fsp3) is 0.125. The Kier molecular flexibility index (Phi) is 5.58. The molecule has 0 radical (unpaired) electrons. The van der Waals surface area contributed by atoms with Gasteiger partial charge in [-0.1, -0.05) is 0 Å². The number of methoxy groups -OCH3 is 1. The molecule has 5 nitrogen and oxygen atoms in total. The molecule has 0 saturated heterocycles. The van der Waals surface area contributed by atoms with Crippen molar-refractivity contribution in [3.8, 4) is 5.75 Å². The van der Waals surface area contributed by atoms with Crippen molar-refractivity contribution in [1.82, 2.24) is 0 Å². The molecule has 0 saturated carbocycles. The second-order valence-corrected chi connectivity index (χ2v) is 4.66. The van der Waals surface area contributed by atoms with Crippen LogP contribution in [-0.4, -0.2) is 25.6 Å². The number of hydrogen-bond donors (Lipinski definition) is 1. The number of anilines is 1. The Labute approximate surface area is 139 Å². The second-order valence-electron chi connectivity index (χ2n) is 4.66. The highest BCUT2D eigenvalue weighted by atomic mass is 19.3. The maximum Gasteiger partial charge on any atom is 0.387 e. The summed E-state index contributed by atoms with van der Waals surface area (Å²) in [6.07, 6.45) is 0. The molecule has 0 aromatic heterocycles. The molecular formula is C16H11F4NO4. The van der Waals surface area contributed by atoms with Gasteiger partial charge in [0.1, 0.15) is 17.4 Å². The highest BCUT2D eigenvalue weighted by molar-refractivity contribution is 6.05. The quantitative estimate of drug-likeness (QED) is 0.656. The fourth-order valence-electron chi connectivity index (χ4n) is 1.89. The van der Waals surface area contributed by atoms with Crippen LogP contribution in [0, 0.1) is 11.6 Å². The fourth-order valence-corrected chi connectivity index (χ4v) is 1.89. The van der Waals surface area contributed by atoms with Crippen molar-refractivity contribution in [2.45, 2.75) is 6.61 Å². The average molecular weight is 357 g/mol. The van der Waals surface area contributed by atoms with E-state index in [0.717, 1.165) is 25.3 Å². The predicted molar refractivity (Wildman–Crippen MR) is 78.7 cm³/mol. The SMILES string of the molecule is COC(=O)c1cc(NC(=O)c2ccc(OC(F)F)cc2)c(F)cc1F. The summed E-state index contributed by atoms with van der Waals surface area (Å²) in [6, 6.07) is 5.83. The van der Waals surface area contributed by atoms with E-state index in [0.29, 0.717) is 6.07 Å². The third kappa shape index (κ3) is 4.46. The first kappa shape index (κ1) is 18.2. The minimum absolute atomic E-state index is 0.00459. The Morgan fingerprint density at radius 2 is 1.68 bits per heavy atom. The van der Waals surface area contributed by atoms with Gasteiger partial charge >= 0.3 is 12.6 Å². The molecule has 2 aromatic carbocycles. The molecule has 0 fully saturated rings. The van der Waals surface area contributed by atoms with E-state index in [1.165, 1.54) is 12.1 Å². The highest BCUT2D eigenvalue weighted by Gasteiger charge is 2.18. The summed E-state index contributed by atoms with van der Waals surface area (Å²) in [5.74, 6) is -4.24. The number of rotatable bonds is 5. The molecule has 9 heteroatoms. The summed E-state index contributed by atoms with van der Waals surface area (Å²) >= 11 is 0. The van der Waals surface area contributed by atoms with Gasteiger partial charge in [-0.3, -0.25) is 4.79 Å². The number of carbonyl (C=O) groups is 2.